The minimum atomic E-state index is 0.475. The molecule has 1 heterocycles. The standard InChI is InChI=1S/C10H21NOS/c1-9(13-2)7-11-8-10-5-3-4-6-12-10/h9-11H,3-8H2,1-2H3. The molecule has 1 aliphatic rings. The highest BCUT2D eigenvalue weighted by molar-refractivity contribution is 7.99. The van der Waals surface area contributed by atoms with E-state index in [1.807, 2.05) is 11.8 Å². The molecule has 0 aromatic rings. The second-order valence-corrected chi connectivity index (χ2v) is 4.97. The monoisotopic (exact) mass is 203 g/mol. The van der Waals surface area contributed by atoms with Gasteiger partial charge in [-0.15, -0.1) is 0 Å². The highest BCUT2D eigenvalue weighted by Gasteiger charge is 2.13. The van der Waals surface area contributed by atoms with Gasteiger partial charge in [0.05, 0.1) is 6.10 Å². The van der Waals surface area contributed by atoms with Gasteiger partial charge in [-0.05, 0) is 25.5 Å². The minimum absolute atomic E-state index is 0.475. The van der Waals surface area contributed by atoms with Crippen LogP contribution in [0.4, 0.5) is 0 Å². The van der Waals surface area contributed by atoms with E-state index in [2.05, 4.69) is 18.5 Å². The summed E-state index contributed by atoms with van der Waals surface area (Å²) in [7, 11) is 0. The maximum atomic E-state index is 5.62. The second kappa shape index (κ2) is 6.68. The smallest absolute Gasteiger partial charge is 0.0699 e. The summed E-state index contributed by atoms with van der Waals surface area (Å²) in [5, 5.41) is 4.17. The number of ether oxygens (including phenoxy) is 1. The van der Waals surface area contributed by atoms with Gasteiger partial charge >= 0.3 is 0 Å². The van der Waals surface area contributed by atoms with Crippen LogP contribution in [0.15, 0.2) is 0 Å². The fourth-order valence-electron chi connectivity index (χ4n) is 1.50. The molecule has 1 aliphatic heterocycles. The third-order valence-corrected chi connectivity index (χ3v) is 3.45. The van der Waals surface area contributed by atoms with Crippen molar-refractivity contribution >= 4 is 11.8 Å². The van der Waals surface area contributed by atoms with Gasteiger partial charge in [-0.1, -0.05) is 6.92 Å². The van der Waals surface area contributed by atoms with Crippen molar-refractivity contribution in [3.8, 4) is 0 Å². The molecule has 0 aromatic carbocycles. The maximum Gasteiger partial charge on any atom is 0.0699 e. The predicted octanol–water partition coefficient (Wildman–Crippen LogP) is 1.90. The Morgan fingerprint density at radius 1 is 1.54 bits per heavy atom. The first-order valence-electron chi connectivity index (χ1n) is 5.18. The van der Waals surface area contributed by atoms with Crippen LogP contribution in [-0.2, 0) is 4.74 Å². The van der Waals surface area contributed by atoms with E-state index < -0.39 is 0 Å². The van der Waals surface area contributed by atoms with E-state index in [-0.39, 0.29) is 0 Å². The Balaban J connectivity index is 1.98. The van der Waals surface area contributed by atoms with Gasteiger partial charge in [0.2, 0.25) is 0 Å². The van der Waals surface area contributed by atoms with Crippen molar-refractivity contribution in [2.75, 3.05) is 26.0 Å². The van der Waals surface area contributed by atoms with Crippen LogP contribution in [-0.4, -0.2) is 37.3 Å². The Kier molecular flexibility index (Phi) is 5.83. The van der Waals surface area contributed by atoms with Crippen LogP contribution < -0.4 is 5.32 Å². The topological polar surface area (TPSA) is 21.3 Å². The molecular formula is C10H21NOS. The van der Waals surface area contributed by atoms with E-state index >= 15 is 0 Å². The van der Waals surface area contributed by atoms with Gasteiger partial charge in [-0.25, -0.2) is 0 Å². The molecule has 0 aliphatic carbocycles. The maximum absolute atomic E-state index is 5.62. The largest absolute Gasteiger partial charge is 0.377 e. The molecule has 1 saturated heterocycles. The molecule has 0 radical (unpaired) electrons. The lowest BCUT2D eigenvalue weighted by Crippen LogP contribution is -2.34. The number of rotatable bonds is 5. The molecule has 0 amide bonds. The third kappa shape index (κ3) is 4.89. The average Bonchev–Trinajstić information content (AvgIpc) is 2.19. The van der Waals surface area contributed by atoms with Gasteiger partial charge in [-0.3, -0.25) is 0 Å². The Hall–Kier alpha value is 0.270. The molecule has 2 unspecified atom stereocenters. The summed E-state index contributed by atoms with van der Waals surface area (Å²) < 4.78 is 5.62. The first kappa shape index (κ1) is 11.3. The second-order valence-electron chi connectivity index (χ2n) is 3.69. The third-order valence-electron chi connectivity index (χ3n) is 2.48. The van der Waals surface area contributed by atoms with Crippen molar-refractivity contribution in [1.29, 1.82) is 0 Å². The Bertz CT molecular complexity index is 126. The summed E-state index contributed by atoms with van der Waals surface area (Å²) in [5.74, 6) is 0. The van der Waals surface area contributed by atoms with Crippen LogP contribution in [0.25, 0.3) is 0 Å². The van der Waals surface area contributed by atoms with E-state index in [4.69, 9.17) is 4.74 Å². The van der Waals surface area contributed by atoms with E-state index in [0.717, 1.165) is 19.7 Å². The zero-order chi connectivity index (χ0) is 9.52. The van der Waals surface area contributed by atoms with Crippen molar-refractivity contribution in [2.45, 2.75) is 37.5 Å². The van der Waals surface area contributed by atoms with Crippen molar-refractivity contribution in [2.24, 2.45) is 0 Å². The molecule has 78 valence electrons. The molecule has 1 rings (SSSR count). The number of hydrogen-bond acceptors (Lipinski definition) is 3. The van der Waals surface area contributed by atoms with Crippen LogP contribution in [0.2, 0.25) is 0 Å². The molecule has 1 N–H and O–H groups in total. The van der Waals surface area contributed by atoms with Gasteiger partial charge in [-0.2, -0.15) is 11.8 Å². The molecule has 0 aromatic heterocycles. The lowest BCUT2D eigenvalue weighted by atomic mass is 10.1. The molecular weight excluding hydrogens is 182 g/mol. The van der Waals surface area contributed by atoms with Crippen LogP contribution in [0.1, 0.15) is 26.2 Å². The lowest BCUT2D eigenvalue weighted by Gasteiger charge is -2.23. The quantitative estimate of drug-likeness (QED) is 0.737. The van der Waals surface area contributed by atoms with Gasteiger partial charge in [0.25, 0.3) is 0 Å². The van der Waals surface area contributed by atoms with Crippen LogP contribution in [0, 0.1) is 0 Å². The molecule has 13 heavy (non-hydrogen) atoms. The van der Waals surface area contributed by atoms with Crippen molar-refractivity contribution in [3.05, 3.63) is 0 Å². The molecule has 2 atom stereocenters. The van der Waals surface area contributed by atoms with Crippen molar-refractivity contribution in [1.82, 2.24) is 5.32 Å². The lowest BCUT2D eigenvalue weighted by molar-refractivity contribution is 0.0171. The van der Waals surface area contributed by atoms with Crippen molar-refractivity contribution < 1.29 is 4.74 Å². The zero-order valence-corrected chi connectivity index (χ0v) is 9.53. The Morgan fingerprint density at radius 2 is 2.38 bits per heavy atom. The number of thioether (sulfide) groups is 1. The van der Waals surface area contributed by atoms with E-state index in [0.29, 0.717) is 11.4 Å². The minimum Gasteiger partial charge on any atom is -0.377 e. The predicted molar refractivity (Wildman–Crippen MR) is 59.4 cm³/mol. The average molecular weight is 203 g/mol. The van der Waals surface area contributed by atoms with Gasteiger partial charge in [0.1, 0.15) is 0 Å². The highest BCUT2D eigenvalue weighted by atomic mass is 32.2. The van der Waals surface area contributed by atoms with Gasteiger partial charge in [0, 0.05) is 24.9 Å². The Labute approximate surface area is 85.8 Å². The van der Waals surface area contributed by atoms with Crippen LogP contribution in [0.5, 0.6) is 0 Å². The molecule has 0 spiro atoms. The summed E-state index contributed by atoms with van der Waals surface area (Å²) in [6.07, 6.45) is 6.45. The van der Waals surface area contributed by atoms with E-state index in [1.165, 1.54) is 19.3 Å². The molecule has 3 heteroatoms. The summed E-state index contributed by atoms with van der Waals surface area (Å²) in [6.45, 7) is 5.34. The first-order valence-corrected chi connectivity index (χ1v) is 6.47. The molecule has 1 fully saturated rings. The summed E-state index contributed by atoms with van der Waals surface area (Å²) in [4.78, 5) is 0. The summed E-state index contributed by atoms with van der Waals surface area (Å²) in [6, 6.07) is 0. The summed E-state index contributed by atoms with van der Waals surface area (Å²) >= 11 is 1.91. The first-order chi connectivity index (χ1) is 6.33. The zero-order valence-electron chi connectivity index (χ0n) is 8.71. The molecule has 0 saturated carbocycles. The number of nitrogens with one attached hydrogen (secondary N) is 1. The highest BCUT2D eigenvalue weighted by Crippen LogP contribution is 2.11. The summed E-state index contributed by atoms with van der Waals surface area (Å²) in [5.41, 5.74) is 0. The van der Waals surface area contributed by atoms with Crippen LogP contribution >= 0.6 is 11.8 Å². The molecule has 0 bridgehead atoms. The fraction of sp³-hybridized carbons (Fsp3) is 1.00. The Morgan fingerprint density at radius 3 is 3.00 bits per heavy atom. The van der Waals surface area contributed by atoms with Gasteiger partial charge in [0.15, 0.2) is 0 Å². The molecule has 2 nitrogen and oxygen atoms in total. The fourth-order valence-corrected chi connectivity index (χ4v) is 1.78. The van der Waals surface area contributed by atoms with E-state index in [9.17, 15) is 0 Å². The SMILES string of the molecule is CSC(C)CNCC1CCCCO1. The van der Waals surface area contributed by atoms with Gasteiger partial charge < -0.3 is 10.1 Å². The van der Waals surface area contributed by atoms with Crippen molar-refractivity contribution in [3.63, 3.8) is 0 Å². The normalized spacial score (nSPS) is 25.8. The van der Waals surface area contributed by atoms with E-state index in [1.54, 1.807) is 0 Å². The number of hydrogen-bond donors (Lipinski definition) is 1. The van der Waals surface area contributed by atoms with Crippen LogP contribution in [0.3, 0.4) is 0 Å².